The molecule has 3 aromatic rings. The first-order chi connectivity index (χ1) is 11.4. The van der Waals surface area contributed by atoms with Gasteiger partial charge in [-0.25, -0.2) is 0 Å². The summed E-state index contributed by atoms with van der Waals surface area (Å²) in [6.45, 7) is 4.24. The van der Waals surface area contributed by atoms with Crippen molar-refractivity contribution >= 4 is 16.7 Å². The molecular weight excluding hydrogens is 315 g/mol. The number of carbonyl (C=O) groups excluding carboxylic acids is 1. The third kappa shape index (κ3) is 2.85. The summed E-state index contributed by atoms with van der Waals surface area (Å²) in [4.78, 5) is 12.7. The summed E-state index contributed by atoms with van der Waals surface area (Å²) in [6.07, 6.45) is -0.979. The van der Waals surface area contributed by atoms with Crippen LogP contribution in [0.1, 0.15) is 21.5 Å². The molecule has 1 heterocycles. The fraction of sp³-hybridized carbons (Fsp3) is 0.105. The maximum absolute atomic E-state index is 12.7. The van der Waals surface area contributed by atoms with Crippen molar-refractivity contribution < 1.29 is 18.0 Å². The monoisotopic (exact) mass is 329 g/mol. The zero-order valence-corrected chi connectivity index (χ0v) is 12.7. The molecule has 0 spiro atoms. The minimum Gasteiger partial charge on any atom is -0.343 e. The van der Waals surface area contributed by atoms with Crippen LogP contribution in [0.5, 0.6) is 0 Å². The van der Waals surface area contributed by atoms with E-state index in [9.17, 15) is 18.0 Å². The maximum atomic E-state index is 12.7. The van der Waals surface area contributed by atoms with Crippen LogP contribution >= 0.6 is 0 Å². The fourth-order valence-corrected chi connectivity index (χ4v) is 2.68. The first-order valence-electron chi connectivity index (χ1n) is 7.32. The van der Waals surface area contributed by atoms with Gasteiger partial charge in [0.2, 0.25) is 0 Å². The molecule has 0 amide bonds. The number of benzene rings is 2. The number of fused-ring (bicyclic) bond motifs is 1. The molecule has 24 heavy (non-hydrogen) atoms. The second-order valence-corrected chi connectivity index (χ2v) is 5.41. The van der Waals surface area contributed by atoms with Gasteiger partial charge in [-0.1, -0.05) is 36.4 Å². The van der Waals surface area contributed by atoms with Crippen LogP contribution in [0, 0.1) is 0 Å². The van der Waals surface area contributed by atoms with Gasteiger partial charge in [0.25, 0.3) is 0 Å². The Morgan fingerprint density at radius 2 is 1.75 bits per heavy atom. The molecule has 0 radical (unpaired) electrons. The highest BCUT2D eigenvalue weighted by Gasteiger charge is 2.30. The summed E-state index contributed by atoms with van der Waals surface area (Å²) in [5.41, 5.74) is 0.803. The lowest BCUT2D eigenvalue weighted by molar-refractivity contribution is -0.137. The number of rotatable bonds is 4. The smallest absolute Gasteiger partial charge is 0.343 e. The summed E-state index contributed by atoms with van der Waals surface area (Å²) in [5.74, 6) is -0.303. The first kappa shape index (κ1) is 16.1. The molecule has 0 saturated heterocycles. The summed E-state index contributed by atoms with van der Waals surface area (Å²) < 4.78 is 39.8. The van der Waals surface area contributed by atoms with E-state index in [1.165, 1.54) is 12.1 Å². The Morgan fingerprint density at radius 1 is 1.08 bits per heavy atom. The molecule has 0 N–H and O–H groups in total. The number of aromatic nitrogens is 1. The molecule has 122 valence electrons. The van der Waals surface area contributed by atoms with E-state index in [4.69, 9.17) is 0 Å². The number of alkyl halides is 3. The van der Waals surface area contributed by atoms with E-state index in [1.807, 2.05) is 28.8 Å². The van der Waals surface area contributed by atoms with Crippen LogP contribution in [0.3, 0.4) is 0 Å². The topological polar surface area (TPSA) is 22.0 Å². The van der Waals surface area contributed by atoms with Gasteiger partial charge < -0.3 is 4.57 Å². The summed E-state index contributed by atoms with van der Waals surface area (Å²) >= 11 is 0. The Hall–Kier alpha value is -2.82. The number of allylic oxidation sites excluding steroid dienone is 1. The lowest BCUT2D eigenvalue weighted by Crippen LogP contribution is -2.06. The Morgan fingerprint density at radius 3 is 2.38 bits per heavy atom. The Balaban J connectivity index is 2.04. The second-order valence-electron chi connectivity index (χ2n) is 5.41. The van der Waals surface area contributed by atoms with Gasteiger partial charge in [0.05, 0.1) is 5.56 Å². The average Bonchev–Trinajstić information content (AvgIpc) is 2.93. The summed E-state index contributed by atoms with van der Waals surface area (Å²) in [5, 5.41) is 0.768. The van der Waals surface area contributed by atoms with Gasteiger partial charge >= 0.3 is 6.18 Å². The van der Waals surface area contributed by atoms with Crippen molar-refractivity contribution in [3.63, 3.8) is 0 Å². The zero-order chi connectivity index (χ0) is 17.3. The van der Waals surface area contributed by atoms with E-state index in [-0.39, 0.29) is 11.3 Å². The predicted octanol–water partition coefficient (Wildman–Crippen LogP) is 5.08. The van der Waals surface area contributed by atoms with Crippen LogP contribution in [0.2, 0.25) is 0 Å². The minimum absolute atomic E-state index is 0.226. The molecule has 0 atom stereocenters. The van der Waals surface area contributed by atoms with Crippen LogP contribution in [0.4, 0.5) is 13.2 Å². The van der Waals surface area contributed by atoms with Crippen LogP contribution in [-0.2, 0) is 12.7 Å². The van der Waals surface area contributed by atoms with Crippen molar-refractivity contribution in [2.45, 2.75) is 12.7 Å². The number of nitrogens with zero attached hydrogens (tertiary/aromatic N) is 1. The van der Waals surface area contributed by atoms with Crippen LogP contribution < -0.4 is 0 Å². The van der Waals surface area contributed by atoms with Gasteiger partial charge in [-0.2, -0.15) is 13.2 Å². The minimum atomic E-state index is -4.42. The predicted molar refractivity (Wildman–Crippen MR) is 87.0 cm³/mol. The summed E-state index contributed by atoms with van der Waals surface area (Å²) in [7, 11) is 0. The molecule has 0 aliphatic heterocycles. The molecule has 0 saturated carbocycles. The fourth-order valence-electron chi connectivity index (χ4n) is 2.68. The van der Waals surface area contributed by atoms with E-state index in [1.54, 1.807) is 12.3 Å². The molecule has 0 unspecified atom stereocenters. The normalized spacial score (nSPS) is 11.6. The maximum Gasteiger partial charge on any atom is 0.416 e. The van der Waals surface area contributed by atoms with Crippen LogP contribution in [-0.4, -0.2) is 10.4 Å². The van der Waals surface area contributed by atoms with Gasteiger partial charge in [-0.3, -0.25) is 4.79 Å². The zero-order valence-electron chi connectivity index (χ0n) is 12.7. The van der Waals surface area contributed by atoms with Gasteiger partial charge in [0.15, 0.2) is 5.78 Å². The Bertz CT molecular complexity index is 905. The van der Waals surface area contributed by atoms with Crippen molar-refractivity contribution in [3.8, 4) is 0 Å². The summed E-state index contributed by atoms with van der Waals surface area (Å²) in [6, 6.07) is 11.7. The van der Waals surface area contributed by atoms with Crippen molar-refractivity contribution in [1.29, 1.82) is 0 Å². The SMILES string of the molecule is C=CCn1cc(C(=O)c2ccc(C(F)(F)F)cc2)c2ccccc21. The molecule has 2 aromatic carbocycles. The van der Waals surface area contributed by atoms with E-state index in [0.29, 0.717) is 12.1 Å². The van der Waals surface area contributed by atoms with E-state index >= 15 is 0 Å². The van der Waals surface area contributed by atoms with Crippen LogP contribution in [0.15, 0.2) is 67.4 Å². The standard InChI is InChI=1S/C19H14F3NO/c1-2-11-23-12-16(15-5-3-4-6-17(15)23)18(24)13-7-9-14(10-8-13)19(20,21)22/h2-10,12H,1,11H2. The van der Waals surface area contributed by atoms with Gasteiger partial charge in [-0.15, -0.1) is 6.58 Å². The van der Waals surface area contributed by atoms with Crippen molar-refractivity contribution in [2.75, 3.05) is 0 Å². The lowest BCUT2D eigenvalue weighted by atomic mass is 10.0. The molecule has 0 aliphatic rings. The molecule has 5 heteroatoms. The van der Waals surface area contributed by atoms with Gasteiger partial charge in [-0.05, 0) is 18.2 Å². The molecule has 0 bridgehead atoms. The number of hydrogen-bond acceptors (Lipinski definition) is 1. The molecule has 0 fully saturated rings. The second kappa shape index (κ2) is 6.00. The quantitative estimate of drug-likeness (QED) is 0.483. The molecule has 3 rings (SSSR count). The Labute approximate surface area is 136 Å². The molecule has 1 aromatic heterocycles. The average molecular weight is 329 g/mol. The molecular formula is C19H14F3NO. The van der Waals surface area contributed by atoms with Crippen molar-refractivity contribution in [2.24, 2.45) is 0 Å². The van der Waals surface area contributed by atoms with E-state index < -0.39 is 11.7 Å². The first-order valence-corrected chi connectivity index (χ1v) is 7.32. The van der Waals surface area contributed by atoms with E-state index in [0.717, 1.165) is 23.0 Å². The molecule has 0 aliphatic carbocycles. The van der Waals surface area contributed by atoms with Crippen molar-refractivity contribution in [1.82, 2.24) is 4.57 Å². The highest BCUT2D eigenvalue weighted by Crippen LogP contribution is 2.30. The lowest BCUT2D eigenvalue weighted by Gasteiger charge is -2.07. The van der Waals surface area contributed by atoms with Gasteiger partial charge in [0.1, 0.15) is 0 Å². The third-order valence-electron chi connectivity index (χ3n) is 3.83. The van der Waals surface area contributed by atoms with Crippen molar-refractivity contribution in [3.05, 3.63) is 84.1 Å². The largest absolute Gasteiger partial charge is 0.416 e. The number of hydrogen-bond donors (Lipinski definition) is 0. The Kier molecular flexibility index (Phi) is 4.01. The third-order valence-corrected chi connectivity index (χ3v) is 3.83. The van der Waals surface area contributed by atoms with Crippen LogP contribution in [0.25, 0.3) is 10.9 Å². The number of halogens is 3. The number of carbonyl (C=O) groups is 1. The highest BCUT2D eigenvalue weighted by atomic mass is 19.4. The van der Waals surface area contributed by atoms with Gasteiger partial charge in [0, 0.05) is 34.8 Å². The highest BCUT2D eigenvalue weighted by molar-refractivity contribution is 6.16. The molecule has 2 nitrogen and oxygen atoms in total. The number of ketones is 1. The van der Waals surface area contributed by atoms with E-state index in [2.05, 4.69) is 6.58 Å². The number of para-hydroxylation sites is 1.